The lowest BCUT2D eigenvalue weighted by Gasteiger charge is -2.13. The molecule has 0 amide bonds. The van der Waals surface area contributed by atoms with E-state index in [0.29, 0.717) is 22.7 Å². The Bertz CT molecular complexity index is 950. The molecule has 0 aliphatic rings. The van der Waals surface area contributed by atoms with Crippen molar-refractivity contribution in [1.82, 2.24) is 19.4 Å². The Labute approximate surface area is 150 Å². The molecule has 0 bridgehead atoms. The van der Waals surface area contributed by atoms with Crippen LogP contribution in [0.5, 0.6) is 0 Å². The zero-order valence-electron chi connectivity index (χ0n) is 14.3. The zero-order chi connectivity index (χ0) is 18.1. The summed E-state index contributed by atoms with van der Waals surface area (Å²) in [4.78, 5) is 21.9. The number of benzene rings is 1. The highest BCUT2D eigenvalue weighted by molar-refractivity contribution is 6.31. The third kappa shape index (κ3) is 3.65. The van der Waals surface area contributed by atoms with Crippen LogP contribution in [-0.4, -0.2) is 44.6 Å². The Morgan fingerprint density at radius 2 is 2.00 bits per heavy atom. The summed E-state index contributed by atoms with van der Waals surface area (Å²) in [5, 5.41) is 9.84. The molecule has 0 unspecified atom stereocenters. The first-order chi connectivity index (χ1) is 11.8. The maximum atomic E-state index is 11.2. The lowest BCUT2D eigenvalue weighted by Crippen LogP contribution is -2.11. The van der Waals surface area contributed by atoms with Crippen molar-refractivity contribution >= 4 is 28.7 Å². The Morgan fingerprint density at radius 3 is 2.64 bits per heavy atom. The average molecular weight is 359 g/mol. The monoisotopic (exact) mass is 358 g/mol. The molecule has 0 fully saturated rings. The van der Waals surface area contributed by atoms with Crippen LogP contribution < -0.4 is 0 Å². The summed E-state index contributed by atoms with van der Waals surface area (Å²) in [7, 11) is 4.02. The molecule has 2 aromatic heterocycles. The number of imidazole rings is 1. The topological polar surface area (TPSA) is 71.2 Å². The predicted octanol–water partition coefficient (Wildman–Crippen LogP) is 3.20. The van der Waals surface area contributed by atoms with E-state index in [1.54, 1.807) is 6.07 Å². The number of aromatic carboxylic acids is 1. The van der Waals surface area contributed by atoms with Crippen molar-refractivity contribution < 1.29 is 9.90 Å². The Kier molecular flexibility index (Phi) is 4.74. The molecule has 0 radical (unpaired) electrons. The van der Waals surface area contributed by atoms with Crippen LogP contribution in [0.2, 0.25) is 5.02 Å². The molecule has 130 valence electrons. The lowest BCUT2D eigenvalue weighted by atomic mass is 10.1. The van der Waals surface area contributed by atoms with Gasteiger partial charge < -0.3 is 14.6 Å². The molecule has 1 N–H and O–H groups in total. The summed E-state index contributed by atoms with van der Waals surface area (Å²) in [5.74, 6) is -0.295. The first kappa shape index (κ1) is 17.4. The molecular weight excluding hydrogens is 340 g/mol. The molecule has 3 aromatic rings. The van der Waals surface area contributed by atoms with Gasteiger partial charge >= 0.3 is 5.97 Å². The number of rotatable bonds is 5. The molecule has 0 saturated carbocycles. The minimum Gasteiger partial charge on any atom is -0.477 e. The molecule has 0 aliphatic heterocycles. The van der Waals surface area contributed by atoms with Crippen molar-refractivity contribution in [1.29, 1.82) is 0 Å². The van der Waals surface area contributed by atoms with E-state index >= 15 is 0 Å². The van der Waals surface area contributed by atoms with E-state index in [1.807, 2.05) is 43.8 Å². The molecule has 2 heterocycles. The van der Waals surface area contributed by atoms with Crippen LogP contribution >= 0.6 is 11.6 Å². The van der Waals surface area contributed by atoms with Crippen molar-refractivity contribution in [3.8, 4) is 0 Å². The van der Waals surface area contributed by atoms with Gasteiger partial charge in [0, 0.05) is 11.6 Å². The first-order valence-corrected chi connectivity index (χ1v) is 8.22. The Hall–Kier alpha value is -2.44. The summed E-state index contributed by atoms with van der Waals surface area (Å²) < 4.78 is 1.88. The highest BCUT2D eigenvalue weighted by Gasteiger charge is 2.14. The number of carbonyl (C=O) groups is 1. The van der Waals surface area contributed by atoms with Gasteiger partial charge in [-0.05, 0) is 50.3 Å². The second-order valence-electron chi connectivity index (χ2n) is 6.25. The number of aromatic nitrogens is 3. The second-order valence-corrected chi connectivity index (χ2v) is 6.66. The van der Waals surface area contributed by atoms with Gasteiger partial charge in [-0.15, -0.1) is 0 Å². The molecule has 25 heavy (non-hydrogen) atoms. The highest BCUT2D eigenvalue weighted by atomic mass is 35.5. The van der Waals surface area contributed by atoms with Gasteiger partial charge in [-0.3, -0.25) is 0 Å². The standard InChI is InChI=1S/C18H19ClN4O2/c1-11-20-15-6-7-16(18(24)25)21-17(15)23(11)10-13-5-4-12(8-14(13)19)9-22(2)3/h4-8H,9-10H2,1-3H3,(H,24,25). The molecular formula is C18H19ClN4O2. The molecule has 0 saturated heterocycles. The first-order valence-electron chi connectivity index (χ1n) is 7.84. The number of aryl methyl sites for hydroxylation is 1. The summed E-state index contributed by atoms with van der Waals surface area (Å²) in [5.41, 5.74) is 3.29. The third-order valence-corrected chi connectivity index (χ3v) is 4.30. The van der Waals surface area contributed by atoms with Gasteiger partial charge in [0.2, 0.25) is 0 Å². The minimum absolute atomic E-state index is 0.000998. The minimum atomic E-state index is -1.06. The van der Waals surface area contributed by atoms with E-state index in [1.165, 1.54) is 6.07 Å². The van der Waals surface area contributed by atoms with Crippen molar-refractivity contribution in [2.24, 2.45) is 0 Å². The van der Waals surface area contributed by atoms with Gasteiger partial charge in [0.05, 0.1) is 6.54 Å². The maximum Gasteiger partial charge on any atom is 0.354 e. The molecule has 1 aromatic carbocycles. The summed E-state index contributed by atoms with van der Waals surface area (Å²) in [6.07, 6.45) is 0. The summed E-state index contributed by atoms with van der Waals surface area (Å²) in [6.45, 7) is 3.17. The van der Waals surface area contributed by atoms with Crippen LogP contribution in [0.3, 0.4) is 0 Å². The quantitative estimate of drug-likeness (QED) is 0.758. The fourth-order valence-corrected chi connectivity index (χ4v) is 3.04. The summed E-state index contributed by atoms with van der Waals surface area (Å²) in [6, 6.07) is 9.14. The van der Waals surface area contributed by atoms with Crippen molar-refractivity contribution in [2.75, 3.05) is 14.1 Å². The highest BCUT2D eigenvalue weighted by Crippen LogP contribution is 2.23. The third-order valence-electron chi connectivity index (χ3n) is 3.95. The van der Waals surface area contributed by atoms with E-state index in [9.17, 15) is 4.79 Å². The molecule has 7 heteroatoms. The van der Waals surface area contributed by atoms with Crippen LogP contribution in [0.1, 0.15) is 27.4 Å². The van der Waals surface area contributed by atoms with Gasteiger partial charge in [0.1, 0.15) is 11.3 Å². The predicted molar refractivity (Wildman–Crippen MR) is 97.2 cm³/mol. The SMILES string of the molecule is Cc1nc2ccc(C(=O)O)nc2n1Cc1ccc(CN(C)C)cc1Cl. The normalized spacial score (nSPS) is 11.4. The fourth-order valence-electron chi connectivity index (χ4n) is 2.78. The van der Waals surface area contributed by atoms with Gasteiger partial charge in [-0.1, -0.05) is 23.7 Å². The maximum absolute atomic E-state index is 11.2. The number of pyridine rings is 1. The number of fused-ring (bicyclic) bond motifs is 1. The van der Waals surface area contributed by atoms with Crippen molar-refractivity contribution in [3.63, 3.8) is 0 Å². The number of carboxylic acid groups (broad SMARTS) is 1. The Morgan fingerprint density at radius 1 is 1.24 bits per heavy atom. The van der Waals surface area contributed by atoms with Crippen LogP contribution in [0.15, 0.2) is 30.3 Å². The van der Waals surface area contributed by atoms with Crippen LogP contribution in [-0.2, 0) is 13.1 Å². The number of hydrogen-bond donors (Lipinski definition) is 1. The lowest BCUT2D eigenvalue weighted by molar-refractivity contribution is 0.0691. The van der Waals surface area contributed by atoms with Crippen LogP contribution in [0.25, 0.3) is 11.2 Å². The smallest absolute Gasteiger partial charge is 0.354 e. The van der Waals surface area contributed by atoms with Crippen LogP contribution in [0, 0.1) is 6.92 Å². The Balaban J connectivity index is 1.98. The van der Waals surface area contributed by atoms with Gasteiger partial charge in [0.25, 0.3) is 0 Å². The van der Waals surface area contributed by atoms with E-state index in [2.05, 4.69) is 14.9 Å². The molecule has 0 atom stereocenters. The number of halogens is 1. The number of nitrogens with zero attached hydrogens (tertiary/aromatic N) is 4. The van der Waals surface area contributed by atoms with Crippen molar-refractivity contribution in [3.05, 3.63) is 58.0 Å². The number of carboxylic acids is 1. The molecule has 0 aliphatic carbocycles. The van der Waals surface area contributed by atoms with Gasteiger partial charge in [-0.2, -0.15) is 0 Å². The van der Waals surface area contributed by atoms with Gasteiger partial charge in [0.15, 0.2) is 11.3 Å². The fraction of sp³-hybridized carbons (Fsp3) is 0.278. The number of hydrogen-bond acceptors (Lipinski definition) is 4. The largest absolute Gasteiger partial charge is 0.477 e. The molecule has 0 spiro atoms. The van der Waals surface area contributed by atoms with Crippen LogP contribution in [0.4, 0.5) is 0 Å². The van der Waals surface area contributed by atoms with Crippen molar-refractivity contribution in [2.45, 2.75) is 20.0 Å². The molecule has 3 rings (SSSR count). The van der Waals surface area contributed by atoms with E-state index in [0.717, 1.165) is 23.5 Å². The van der Waals surface area contributed by atoms with E-state index in [4.69, 9.17) is 16.7 Å². The van der Waals surface area contributed by atoms with Gasteiger partial charge in [-0.25, -0.2) is 14.8 Å². The summed E-state index contributed by atoms with van der Waals surface area (Å²) >= 11 is 6.45. The second kappa shape index (κ2) is 6.82. The van der Waals surface area contributed by atoms with E-state index in [-0.39, 0.29) is 5.69 Å². The molecule has 6 nitrogen and oxygen atoms in total. The zero-order valence-corrected chi connectivity index (χ0v) is 15.1. The average Bonchev–Trinajstić information content (AvgIpc) is 2.84. The van der Waals surface area contributed by atoms with E-state index < -0.39 is 5.97 Å².